The molecule has 1 unspecified atom stereocenters. The summed E-state index contributed by atoms with van der Waals surface area (Å²) in [6.07, 6.45) is 10.3. The van der Waals surface area contributed by atoms with Crippen LogP contribution in [0.25, 0.3) is 0 Å². The number of aliphatic hydroxyl groups is 1. The van der Waals surface area contributed by atoms with Crippen molar-refractivity contribution in [1.29, 1.82) is 0 Å². The van der Waals surface area contributed by atoms with E-state index in [4.69, 9.17) is 9.47 Å². The Morgan fingerprint density at radius 3 is 2.67 bits per heavy atom. The smallest absolute Gasteiger partial charge is 0.0978 e. The summed E-state index contributed by atoms with van der Waals surface area (Å²) < 4.78 is 11.2. The number of hydrogen-bond donors (Lipinski definition) is 1. The van der Waals surface area contributed by atoms with E-state index in [9.17, 15) is 5.11 Å². The summed E-state index contributed by atoms with van der Waals surface area (Å²) in [6.45, 7) is 0.892. The molecule has 0 radical (unpaired) electrons. The van der Waals surface area contributed by atoms with Crippen LogP contribution in [0.1, 0.15) is 44.1 Å². The van der Waals surface area contributed by atoms with E-state index in [1.54, 1.807) is 6.26 Å². The molecule has 0 bridgehead atoms. The molecule has 1 aromatic carbocycles. The zero-order valence-electron chi connectivity index (χ0n) is 12.6. The summed E-state index contributed by atoms with van der Waals surface area (Å²) in [5.41, 5.74) is 1.13. The Morgan fingerprint density at radius 1 is 1.14 bits per heavy atom. The summed E-state index contributed by atoms with van der Waals surface area (Å²) >= 11 is 0. The maximum atomic E-state index is 9.83. The van der Waals surface area contributed by atoms with Gasteiger partial charge in [0.15, 0.2) is 0 Å². The molecule has 3 nitrogen and oxygen atoms in total. The Morgan fingerprint density at radius 2 is 1.90 bits per heavy atom. The molecule has 0 heterocycles. The van der Waals surface area contributed by atoms with E-state index in [-0.39, 0.29) is 0 Å². The number of rotatable bonds is 8. The SMILES string of the molecule is OC(C/C=C\OC1CCCCC1)COCc1ccccc1. The van der Waals surface area contributed by atoms with Crippen LogP contribution in [0.15, 0.2) is 42.7 Å². The quantitative estimate of drug-likeness (QED) is 0.740. The van der Waals surface area contributed by atoms with Crippen molar-refractivity contribution >= 4 is 0 Å². The Balaban J connectivity index is 1.53. The molecule has 0 aromatic heterocycles. The number of aliphatic hydroxyl groups excluding tert-OH is 1. The van der Waals surface area contributed by atoms with E-state index >= 15 is 0 Å². The van der Waals surface area contributed by atoms with Gasteiger partial charge in [-0.3, -0.25) is 0 Å². The van der Waals surface area contributed by atoms with Gasteiger partial charge in [0.2, 0.25) is 0 Å². The van der Waals surface area contributed by atoms with Crippen molar-refractivity contribution in [2.75, 3.05) is 6.61 Å². The van der Waals surface area contributed by atoms with Crippen LogP contribution in [0.2, 0.25) is 0 Å². The summed E-state index contributed by atoms with van der Waals surface area (Å²) in [5, 5.41) is 9.83. The lowest BCUT2D eigenvalue weighted by Crippen LogP contribution is -2.15. The van der Waals surface area contributed by atoms with Gasteiger partial charge in [-0.1, -0.05) is 36.8 Å². The minimum absolute atomic E-state index is 0.350. The molecular formula is C18H26O3. The Labute approximate surface area is 127 Å². The second kappa shape index (κ2) is 9.59. The molecule has 3 heteroatoms. The largest absolute Gasteiger partial charge is 0.498 e. The van der Waals surface area contributed by atoms with Crippen molar-refractivity contribution < 1.29 is 14.6 Å². The number of ether oxygens (including phenoxy) is 2. The average molecular weight is 290 g/mol. The zero-order chi connectivity index (χ0) is 14.8. The molecule has 1 aliphatic rings. The lowest BCUT2D eigenvalue weighted by atomic mass is 9.98. The van der Waals surface area contributed by atoms with Gasteiger partial charge in [-0.15, -0.1) is 0 Å². The molecule has 1 N–H and O–H groups in total. The number of benzene rings is 1. The highest BCUT2D eigenvalue weighted by atomic mass is 16.5. The van der Waals surface area contributed by atoms with E-state index in [1.165, 1.54) is 19.3 Å². The zero-order valence-corrected chi connectivity index (χ0v) is 12.6. The van der Waals surface area contributed by atoms with Crippen LogP contribution in [-0.4, -0.2) is 23.9 Å². The predicted octanol–water partition coefficient (Wildman–Crippen LogP) is 3.82. The normalized spacial score (nSPS) is 18.0. The first-order valence-electron chi connectivity index (χ1n) is 7.95. The third kappa shape index (κ3) is 6.78. The Hall–Kier alpha value is -1.32. The van der Waals surface area contributed by atoms with Crippen molar-refractivity contribution in [2.24, 2.45) is 0 Å². The molecular weight excluding hydrogens is 264 g/mol. The van der Waals surface area contributed by atoms with Gasteiger partial charge in [0.25, 0.3) is 0 Å². The van der Waals surface area contributed by atoms with Crippen molar-refractivity contribution in [1.82, 2.24) is 0 Å². The monoisotopic (exact) mass is 290 g/mol. The van der Waals surface area contributed by atoms with Gasteiger partial charge in [-0.2, -0.15) is 0 Å². The molecule has 116 valence electrons. The van der Waals surface area contributed by atoms with Crippen molar-refractivity contribution in [3.63, 3.8) is 0 Å². The van der Waals surface area contributed by atoms with Gasteiger partial charge >= 0.3 is 0 Å². The third-order valence-corrected chi connectivity index (χ3v) is 3.75. The average Bonchev–Trinajstić information content (AvgIpc) is 2.54. The molecule has 2 rings (SSSR count). The fourth-order valence-corrected chi connectivity index (χ4v) is 2.54. The van der Waals surface area contributed by atoms with E-state index < -0.39 is 6.10 Å². The number of hydrogen-bond acceptors (Lipinski definition) is 3. The maximum Gasteiger partial charge on any atom is 0.0978 e. The molecule has 0 spiro atoms. The summed E-state index contributed by atoms with van der Waals surface area (Å²) in [6, 6.07) is 9.99. The van der Waals surface area contributed by atoms with E-state index in [0.29, 0.717) is 25.7 Å². The lowest BCUT2D eigenvalue weighted by Gasteiger charge is -2.20. The van der Waals surface area contributed by atoms with E-state index in [2.05, 4.69) is 0 Å². The fourth-order valence-electron chi connectivity index (χ4n) is 2.54. The molecule has 0 saturated heterocycles. The first-order valence-corrected chi connectivity index (χ1v) is 7.95. The van der Waals surface area contributed by atoms with Gasteiger partial charge in [0, 0.05) is 0 Å². The van der Waals surface area contributed by atoms with Crippen LogP contribution >= 0.6 is 0 Å². The summed E-state index contributed by atoms with van der Waals surface area (Å²) in [4.78, 5) is 0. The Kier molecular flexibility index (Phi) is 7.33. The highest BCUT2D eigenvalue weighted by Crippen LogP contribution is 2.20. The minimum atomic E-state index is -0.472. The van der Waals surface area contributed by atoms with Gasteiger partial charge in [0.1, 0.15) is 0 Å². The van der Waals surface area contributed by atoms with E-state index in [0.717, 1.165) is 18.4 Å². The molecule has 1 atom stereocenters. The first kappa shape index (κ1) is 16.1. The molecule has 21 heavy (non-hydrogen) atoms. The second-order valence-corrected chi connectivity index (χ2v) is 5.66. The summed E-state index contributed by atoms with van der Waals surface area (Å²) in [5.74, 6) is 0. The topological polar surface area (TPSA) is 38.7 Å². The van der Waals surface area contributed by atoms with Crippen molar-refractivity contribution in [3.05, 3.63) is 48.2 Å². The van der Waals surface area contributed by atoms with Gasteiger partial charge < -0.3 is 14.6 Å². The van der Waals surface area contributed by atoms with Crippen LogP contribution < -0.4 is 0 Å². The maximum absolute atomic E-state index is 9.83. The van der Waals surface area contributed by atoms with Crippen LogP contribution in [0.5, 0.6) is 0 Å². The van der Waals surface area contributed by atoms with Gasteiger partial charge in [-0.05, 0) is 43.7 Å². The standard InChI is InChI=1S/C18H26O3/c19-17(15-20-14-16-8-3-1-4-9-16)10-7-13-21-18-11-5-2-6-12-18/h1,3-4,7-9,13,17-19H,2,5-6,10-12,14-15H2/b13-7-. The van der Waals surface area contributed by atoms with Gasteiger partial charge in [-0.25, -0.2) is 0 Å². The molecule has 1 aliphatic carbocycles. The van der Waals surface area contributed by atoms with Crippen molar-refractivity contribution in [2.45, 2.75) is 57.3 Å². The van der Waals surface area contributed by atoms with E-state index in [1.807, 2.05) is 36.4 Å². The van der Waals surface area contributed by atoms with Gasteiger partial charge in [0.05, 0.1) is 31.7 Å². The molecule has 1 aromatic rings. The van der Waals surface area contributed by atoms with Crippen molar-refractivity contribution in [3.8, 4) is 0 Å². The molecule has 1 fully saturated rings. The summed E-state index contributed by atoms with van der Waals surface area (Å²) in [7, 11) is 0. The van der Waals surface area contributed by atoms with Crippen LogP contribution in [-0.2, 0) is 16.1 Å². The third-order valence-electron chi connectivity index (χ3n) is 3.75. The highest BCUT2D eigenvalue weighted by molar-refractivity contribution is 5.13. The fraction of sp³-hybridized carbons (Fsp3) is 0.556. The Bertz CT molecular complexity index is 396. The van der Waals surface area contributed by atoms with Crippen LogP contribution in [0.4, 0.5) is 0 Å². The van der Waals surface area contributed by atoms with Crippen LogP contribution in [0, 0.1) is 0 Å². The highest BCUT2D eigenvalue weighted by Gasteiger charge is 2.12. The molecule has 0 amide bonds. The lowest BCUT2D eigenvalue weighted by molar-refractivity contribution is 0.0294. The first-order chi connectivity index (χ1) is 10.3. The second-order valence-electron chi connectivity index (χ2n) is 5.66. The predicted molar refractivity (Wildman–Crippen MR) is 83.8 cm³/mol. The molecule has 1 saturated carbocycles. The molecule has 0 aliphatic heterocycles. The minimum Gasteiger partial charge on any atom is -0.498 e. The van der Waals surface area contributed by atoms with Crippen LogP contribution in [0.3, 0.4) is 0 Å².